The van der Waals surface area contributed by atoms with Gasteiger partial charge in [-0.15, -0.1) is 0 Å². The molecule has 8 rings (SSSR count). The quantitative estimate of drug-likeness (QED) is 0.188. The van der Waals surface area contributed by atoms with Gasteiger partial charge in [0.25, 0.3) is 0 Å². The molecule has 0 radical (unpaired) electrons. The lowest BCUT2D eigenvalue weighted by molar-refractivity contribution is -0.147. The van der Waals surface area contributed by atoms with Crippen molar-refractivity contribution < 1.29 is 9.47 Å². The molecule has 3 aliphatic heterocycles. The number of aromatic nitrogens is 1. The normalized spacial score (nSPS) is 17.4. The Morgan fingerprint density at radius 2 is 1.15 bits per heavy atom. The van der Waals surface area contributed by atoms with E-state index < -0.39 is 5.79 Å². The first-order valence-corrected chi connectivity index (χ1v) is 18.6. The summed E-state index contributed by atoms with van der Waals surface area (Å²) in [5.41, 5.74) is 19.2. The molecule has 8 bridgehead atoms. The smallest absolute Gasteiger partial charge is 0.223 e. The Bertz CT molecular complexity index is 2330. The maximum absolute atomic E-state index is 6.80. The fraction of sp³-hybridized carbons (Fsp3) is 0.234. The standard InChI is InChI=1S/C47H45N3O2/c1-7-33-29(5)39-25-37-35-23-17-18-24-36(35)38(47(37,51-9-3)52-10-4)26-40-30(6)34(8-2)42(49-40)28-44-46(32-21-15-12-16-22-32)45(31-19-13-11-14-20-31)43(50-44)27-41(33)48-39/h11-28,48H,7-10H2,1-6H3. The van der Waals surface area contributed by atoms with Crippen LogP contribution in [0, 0.1) is 6.92 Å². The van der Waals surface area contributed by atoms with E-state index in [9.17, 15) is 0 Å². The highest BCUT2D eigenvalue weighted by molar-refractivity contribution is 6.40. The molecular formula is C47H45N3O2. The number of H-pyrrole nitrogens is 1. The zero-order valence-corrected chi connectivity index (χ0v) is 30.9. The minimum Gasteiger partial charge on any atom is -0.355 e. The number of fused-ring (bicyclic) bond motifs is 9. The van der Waals surface area contributed by atoms with Gasteiger partial charge in [0, 0.05) is 46.9 Å². The lowest BCUT2D eigenvalue weighted by atomic mass is 9.91. The molecule has 0 atom stereocenters. The highest BCUT2D eigenvalue weighted by Crippen LogP contribution is 2.53. The van der Waals surface area contributed by atoms with Gasteiger partial charge in [0.1, 0.15) is 0 Å². The fourth-order valence-electron chi connectivity index (χ4n) is 8.34. The molecule has 4 aromatic rings. The second kappa shape index (κ2) is 13.6. The molecule has 3 aromatic carbocycles. The van der Waals surface area contributed by atoms with Gasteiger partial charge in [-0.2, -0.15) is 0 Å². The maximum Gasteiger partial charge on any atom is 0.223 e. The number of aromatic amines is 1. The van der Waals surface area contributed by atoms with E-state index in [1.807, 2.05) is 13.8 Å². The third-order valence-electron chi connectivity index (χ3n) is 10.7. The van der Waals surface area contributed by atoms with Crippen LogP contribution in [-0.4, -0.2) is 35.4 Å². The third kappa shape index (κ3) is 5.39. The van der Waals surface area contributed by atoms with Crippen molar-refractivity contribution >= 4 is 45.9 Å². The van der Waals surface area contributed by atoms with Crippen molar-refractivity contribution in [1.82, 2.24) is 4.98 Å². The number of allylic oxidation sites excluding steroid dienone is 6. The molecule has 0 saturated heterocycles. The highest BCUT2D eigenvalue weighted by atomic mass is 16.7. The Morgan fingerprint density at radius 1 is 0.577 bits per heavy atom. The monoisotopic (exact) mass is 683 g/mol. The Labute approximate surface area is 307 Å². The summed E-state index contributed by atoms with van der Waals surface area (Å²) in [7, 11) is 0. The van der Waals surface area contributed by atoms with Gasteiger partial charge < -0.3 is 14.5 Å². The predicted molar refractivity (Wildman–Crippen MR) is 217 cm³/mol. The molecule has 4 aliphatic rings. The first-order valence-electron chi connectivity index (χ1n) is 18.6. The summed E-state index contributed by atoms with van der Waals surface area (Å²) in [6.07, 6.45) is 10.6. The number of hydrogen-bond acceptors (Lipinski definition) is 4. The van der Waals surface area contributed by atoms with E-state index in [-0.39, 0.29) is 0 Å². The molecule has 260 valence electrons. The molecule has 5 heteroatoms. The molecule has 0 saturated carbocycles. The largest absolute Gasteiger partial charge is 0.355 e. The van der Waals surface area contributed by atoms with Crippen LogP contribution in [0.3, 0.4) is 0 Å². The van der Waals surface area contributed by atoms with Crippen LogP contribution in [-0.2, 0) is 15.9 Å². The van der Waals surface area contributed by atoms with Gasteiger partial charge in [0.15, 0.2) is 0 Å². The number of aliphatic imine (C=N–C) groups is 2. The molecule has 0 spiro atoms. The van der Waals surface area contributed by atoms with E-state index in [1.165, 1.54) is 16.7 Å². The van der Waals surface area contributed by atoms with Crippen molar-refractivity contribution in [3.8, 4) is 0 Å². The zero-order chi connectivity index (χ0) is 36.0. The van der Waals surface area contributed by atoms with Gasteiger partial charge in [-0.3, -0.25) is 0 Å². The Balaban J connectivity index is 1.50. The number of hydrogen-bond donors (Lipinski definition) is 1. The molecular weight excluding hydrogens is 639 g/mol. The van der Waals surface area contributed by atoms with Crippen LogP contribution in [0.4, 0.5) is 0 Å². The van der Waals surface area contributed by atoms with Crippen molar-refractivity contribution in [3.05, 3.63) is 164 Å². The van der Waals surface area contributed by atoms with Gasteiger partial charge >= 0.3 is 0 Å². The first-order chi connectivity index (χ1) is 25.4. The average Bonchev–Trinajstić information content (AvgIpc) is 3.84. The van der Waals surface area contributed by atoms with Crippen LogP contribution in [0.1, 0.15) is 85.8 Å². The van der Waals surface area contributed by atoms with Gasteiger partial charge in [0.2, 0.25) is 5.79 Å². The van der Waals surface area contributed by atoms with Crippen LogP contribution < -0.4 is 0 Å². The molecule has 1 N–H and O–H groups in total. The van der Waals surface area contributed by atoms with Gasteiger partial charge in [0.05, 0.1) is 22.8 Å². The first kappa shape index (κ1) is 33.8. The molecule has 4 heterocycles. The molecule has 0 fully saturated rings. The van der Waals surface area contributed by atoms with Crippen LogP contribution in [0.5, 0.6) is 0 Å². The molecule has 5 nitrogen and oxygen atoms in total. The fourth-order valence-corrected chi connectivity index (χ4v) is 8.34. The van der Waals surface area contributed by atoms with Crippen LogP contribution in [0.15, 0.2) is 130 Å². The van der Waals surface area contributed by atoms with E-state index in [1.54, 1.807) is 0 Å². The molecule has 0 unspecified atom stereocenters. The average molecular weight is 684 g/mol. The number of rotatable bonds is 8. The van der Waals surface area contributed by atoms with Gasteiger partial charge in [-0.1, -0.05) is 98.8 Å². The molecule has 1 aromatic heterocycles. The van der Waals surface area contributed by atoms with E-state index in [0.29, 0.717) is 13.2 Å². The summed E-state index contributed by atoms with van der Waals surface area (Å²) in [5, 5.41) is 0. The number of ether oxygens (including phenoxy) is 2. The maximum atomic E-state index is 6.80. The van der Waals surface area contributed by atoms with Crippen LogP contribution in [0.25, 0.3) is 34.4 Å². The lowest BCUT2D eigenvalue weighted by Crippen LogP contribution is -2.36. The molecule has 1 aliphatic carbocycles. The van der Waals surface area contributed by atoms with Crippen molar-refractivity contribution in [2.75, 3.05) is 13.2 Å². The van der Waals surface area contributed by atoms with Crippen LogP contribution >= 0.6 is 0 Å². The summed E-state index contributed by atoms with van der Waals surface area (Å²) >= 11 is 0. The predicted octanol–water partition coefficient (Wildman–Crippen LogP) is 11.1. The number of nitrogens with one attached hydrogen (secondary N) is 1. The van der Waals surface area contributed by atoms with E-state index in [2.05, 4.69) is 142 Å². The van der Waals surface area contributed by atoms with Crippen LogP contribution in [0.2, 0.25) is 0 Å². The van der Waals surface area contributed by atoms with E-state index >= 15 is 0 Å². The summed E-state index contributed by atoms with van der Waals surface area (Å²) in [5.74, 6) is -1.11. The van der Waals surface area contributed by atoms with Crippen molar-refractivity contribution in [3.63, 3.8) is 0 Å². The van der Waals surface area contributed by atoms with E-state index in [4.69, 9.17) is 19.5 Å². The second-order valence-corrected chi connectivity index (χ2v) is 13.5. The minimum atomic E-state index is -1.11. The second-order valence-electron chi connectivity index (χ2n) is 13.5. The third-order valence-corrected chi connectivity index (χ3v) is 10.7. The lowest BCUT2D eigenvalue weighted by Gasteiger charge is -2.32. The SMILES string of the molecule is CCOC1(OCC)C2=CC3=NC(=CC4=NC(=Cc5[nH]c(c(C)c5CC)C=C1c1ccccc12)C(c1ccccc1)=C4c1ccccc1)C(CC)=C3C. The van der Waals surface area contributed by atoms with E-state index in [0.717, 1.165) is 97.2 Å². The summed E-state index contributed by atoms with van der Waals surface area (Å²) in [6.45, 7) is 13.9. The molecule has 0 amide bonds. The number of benzene rings is 3. The minimum absolute atomic E-state index is 0.479. The zero-order valence-electron chi connectivity index (χ0n) is 30.9. The van der Waals surface area contributed by atoms with Gasteiger partial charge in [-0.05, 0) is 109 Å². The Kier molecular flexibility index (Phi) is 8.86. The summed E-state index contributed by atoms with van der Waals surface area (Å²) in [4.78, 5) is 14.7. The molecule has 52 heavy (non-hydrogen) atoms. The Morgan fingerprint density at radius 3 is 1.75 bits per heavy atom. The summed E-state index contributed by atoms with van der Waals surface area (Å²) < 4.78 is 13.6. The van der Waals surface area contributed by atoms with Gasteiger partial charge in [-0.25, -0.2) is 9.98 Å². The summed E-state index contributed by atoms with van der Waals surface area (Å²) in [6, 6.07) is 29.8. The highest BCUT2D eigenvalue weighted by Gasteiger charge is 2.49. The van der Waals surface area contributed by atoms with Crippen molar-refractivity contribution in [2.45, 2.75) is 60.2 Å². The Hall–Kier alpha value is -5.36. The number of nitrogens with zero attached hydrogens (tertiary/aromatic N) is 2. The van der Waals surface area contributed by atoms with Crippen molar-refractivity contribution in [1.29, 1.82) is 0 Å². The topological polar surface area (TPSA) is 59.0 Å². The van der Waals surface area contributed by atoms with Crippen molar-refractivity contribution in [2.24, 2.45) is 9.98 Å².